The predicted molar refractivity (Wildman–Crippen MR) is 118 cm³/mol. The molecule has 0 radical (unpaired) electrons. The Labute approximate surface area is 174 Å². The average molecular weight is 403 g/mol. The summed E-state index contributed by atoms with van der Waals surface area (Å²) in [7, 11) is 0. The van der Waals surface area contributed by atoms with Crippen molar-refractivity contribution in [2.45, 2.75) is 39.8 Å². The second-order valence-corrected chi connectivity index (χ2v) is 7.61. The molecular weight excluding hydrogens is 378 g/mol. The van der Waals surface area contributed by atoms with E-state index in [0.717, 1.165) is 24.9 Å². The second kappa shape index (κ2) is 8.59. The molecule has 0 saturated heterocycles. The standard InChI is InChI=1S/C23H25N5O2/c1-3-4-11-27(15-20-25-19-8-6-5-7-18(19)23(30)26-20)14-17-12-22(29)28-13-16(2)9-10-21(28)24-17/h5-10,12-13H,3-4,11,14-15H2,1-2H3,(H,25,26,30). The average Bonchev–Trinajstić information content (AvgIpc) is 2.73. The van der Waals surface area contributed by atoms with Crippen LogP contribution in [0.4, 0.5) is 0 Å². The number of rotatable bonds is 7. The molecule has 3 heterocycles. The van der Waals surface area contributed by atoms with Crippen molar-refractivity contribution in [2.24, 2.45) is 0 Å². The monoisotopic (exact) mass is 403 g/mol. The quantitative estimate of drug-likeness (QED) is 0.513. The van der Waals surface area contributed by atoms with Crippen molar-refractivity contribution in [1.82, 2.24) is 24.3 Å². The van der Waals surface area contributed by atoms with Crippen molar-refractivity contribution in [2.75, 3.05) is 6.54 Å². The first kappa shape index (κ1) is 20.0. The molecule has 0 aliphatic carbocycles. The van der Waals surface area contributed by atoms with E-state index in [0.29, 0.717) is 41.2 Å². The smallest absolute Gasteiger partial charge is 0.258 e. The van der Waals surface area contributed by atoms with Crippen LogP contribution in [-0.2, 0) is 13.1 Å². The molecule has 1 N–H and O–H groups in total. The predicted octanol–water partition coefficient (Wildman–Crippen LogP) is 3.04. The van der Waals surface area contributed by atoms with Gasteiger partial charge >= 0.3 is 0 Å². The molecule has 0 bridgehead atoms. The summed E-state index contributed by atoms with van der Waals surface area (Å²) < 4.78 is 1.57. The van der Waals surface area contributed by atoms with Gasteiger partial charge in [-0.2, -0.15) is 0 Å². The number of benzene rings is 1. The molecular formula is C23H25N5O2. The van der Waals surface area contributed by atoms with Crippen LogP contribution in [0.3, 0.4) is 0 Å². The van der Waals surface area contributed by atoms with Crippen LogP contribution in [0.1, 0.15) is 36.8 Å². The molecule has 7 nitrogen and oxygen atoms in total. The fourth-order valence-electron chi connectivity index (χ4n) is 3.59. The lowest BCUT2D eigenvalue weighted by Crippen LogP contribution is -2.28. The lowest BCUT2D eigenvalue weighted by molar-refractivity contribution is 0.243. The summed E-state index contributed by atoms with van der Waals surface area (Å²) in [5, 5.41) is 0.584. The number of hydrogen-bond donors (Lipinski definition) is 1. The number of hydrogen-bond acceptors (Lipinski definition) is 5. The third-order valence-electron chi connectivity index (χ3n) is 5.11. The van der Waals surface area contributed by atoms with Crippen LogP contribution in [-0.4, -0.2) is 30.8 Å². The zero-order chi connectivity index (χ0) is 21.1. The van der Waals surface area contributed by atoms with Crippen LogP contribution in [0.5, 0.6) is 0 Å². The summed E-state index contributed by atoms with van der Waals surface area (Å²) in [6.45, 7) is 5.90. The SMILES string of the molecule is CCCCN(Cc1cc(=O)n2cc(C)ccc2n1)Cc1nc2ccccc2c(=O)[nH]1. The normalized spacial score (nSPS) is 11.6. The number of fused-ring (bicyclic) bond motifs is 2. The maximum atomic E-state index is 12.5. The minimum Gasteiger partial charge on any atom is -0.309 e. The summed E-state index contributed by atoms with van der Waals surface area (Å²) in [5.41, 5.74) is 2.81. The highest BCUT2D eigenvalue weighted by Gasteiger charge is 2.12. The molecule has 0 spiro atoms. The van der Waals surface area contributed by atoms with Crippen molar-refractivity contribution in [3.8, 4) is 0 Å². The number of para-hydroxylation sites is 1. The number of aromatic nitrogens is 4. The van der Waals surface area contributed by atoms with Gasteiger partial charge < -0.3 is 4.98 Å². The number of nitrogens with zero attached hydrogens (tertiary/aromatic N) is 4. The number of H-pyrrole nitrogens is 1. The minimum atomic E-state index is -0.136. The molecule has 3 aromatic heterocycles. The third-order valence-corrected chi connectivity index (χ3v) is 5.11. The number of aryl methyl sites for hydroxylation is 1. The van der Waals surface area contributed by atoms with Crippen molar-refractivity contribution in [1.29, 1.82) is 0 Å². The van der Waals surface area contributed by atoms with Gasteiger partial charge in [0.2, 0.25) is 0 Å². The van der Waals surface area contributed by atoms with Crippen LogP contribution in [0.25, 0.3) is 16.6 Å². The number of nitrogens with one attached hydrogen (secondary N) is 1. The fourth-order valence-corrected chi connectivity index (χ4v) is 3.59. The molecule has 7 heteroatoms. The molecule has 154 valence electrons. The van der Waals surface area contributed by atoms with Gasteiger partial charge in [0.1, 0.15) is 11.5 Å². The Balaban J connectivity index is 1.63. The Kier molecular flexibility index (Phi) is 5.72. The van der Waals surface area contributed by atoms with Crippen molar-refractivity contribution < 1.29 is 0 Å². The van der Waals surface area contributed by atoms with Gasteiger partial charge in [-0.15, -0.1) is 0 Å². The van der Waals surface area contributed by atoms with Crippen LogP contribution >= 0.6 is 0 Å². The molecule has 0 amide bonds. The largest absolute Gasteiger partial charge is 0.309 e. The van der Waals surface area contributed by atoms with Crippen LogP contribution in [0, 0.1) is 6.92 Å². The van der Waals surface area contributed by atoms with Crippen molar-refractivity contribution in [3.63, 3.8) is 0 Å². The lowest BCUT2D eigenvalue weighted by Gasteiger charge is -2.21. The van der Waals surface area contributed by atoms with E-state index < -0.39 is 0 Å². The molecule has 0 fully saturated rings. The van der Waals surface area contributed by atoms with E-state index in [2.05, 4.69) is 26.8 Å². The van der Waals surface area contributed by atoms with Crippen molar-refractivity contribution >= 4 is 16.6 Å². The van der Waals surface area contributed by atoms with E-state index in [1.807, 2.05) is 37.3 Å². The van der Waals surface area contributed by atoms with Gasteiger partial charge in [-0.3, -0.25) is 18.9 Å². The second-order valence-electron chi connectivity index (χ2n) is 7.61. The molecule has 0 aliphatic heterocycles. The van der Waals surface area contributed by atoms with E-state index in [1.165, 1.54) is 0 Å². The van der Waals surface area contributed by atoms with Gasteiger partial charge in [0, 0.05) is 18.8 Å². The zero-order valence-electron chi connectivity index (χ0n) is 17.3. The number of unbranched alkanes of at least 4 members (excludes halogenated alkanes) is 1. The topological polar surface area (TPSA) is 83.4 Å². The first-order chi connectivity index (χ1) is 14.5. The maximum absolute atomic E-state index is 12.5. The zero-order valence-corrected chi connectivity index (χ0v) is 17.3. The molecule has 30 heavy (non-hydrogen) atoms. The Bertz CT molecular complexity index is 1310. The first-order valence-electron chi connectivity index (χ1n) is 10.2. The van der Waals surface area contributed by atoms with E-state index in [4.69, 9.17) is 0 Å². The summed E-state index contributed by atoms with van der Waals surface area (Å²) in [6.07, 6.45) is 3.85. The third kappa shape index (κ3) is 4.31. The van der Waals surface area contributed by atoms with E-state index in [-0.39, 0.29) is 11.1 Å². The summed E-state index contributed by atoms with van der Waals surface area (Å²) in [5.74, 6) is 0.614. The summed E-state index contributed by atoms with van der Waals surface area (Å²) >= 11 is 0. The van der Waals surface area contributed by atoms with E-state index in [9.17, 15) is 9.59 Å². The highest BCUT2D eigenvalue weighted by Crippen LogP contribution is 2.11. The lowest BCUT2D eigenvalue weighted by atomic mass is 10.2. The van der Waals surface area contributed by atoms with Gasteiger partial charge in [-0.25, -0.2) is 9.97 Å². The van der Waals surface area contributed by atoms with Crippen LogP contribution < -0.4 is 11.1 Å². The van der Waals surface area contributed by atoms with Gasteiger partial charge in [-0.1, -0.05) is 31.5 Å². The molecule has 0 aliphatic rings. The van der Waals surface area contributed by atoms with E-state index >= 15 is 0 Å². The summed E-state index contributed by atoms with van der Waals surface area (Å²) in [4.78, 5) is 39.3. The highest BCUT2D eigenvalue weighted by atomic mass is 16.1. The Morgan fingerprint density at radius 3 is 2.73 bits per heavy atom. The highest BCUT2D eigenvalue weighted by molar-refractivity contribution is 5.77. The Hall–Kier alpha value is -3.32. The van der Waals surface area contributed by atoms with Crippen LogP contribution in [0.2, 0.25) is 0 Å². The Morgan fingerprint density at radius 2 is 1.90 bits per heavy atom. The maximum Gasteiger partial charge on any atom is 0.258 e. The van der Waals surface area contributed by atoms with Gasteiger partial charge in [0.05, 0.1) is 23.1 Å². The molecule has 0 saturated carbocycles. The fraction of sp³-hybridized carbons (Fsp3) is 0.304. The van der Waals surface area contributed by atoms with E-state index in [1.54, 1.807) is 22.7 Å². The first-order valence-corrected chi connectivity index (χ1v) is 10.2. The van der Waals surface area contributed by atoms with Crippen LogP contribution in [0.15, 0.2) is 58.3 Å². The van der Waals surface area contributed by atoms with Gasteiger partial charge in [-0.05, 0) is 43.7 Å². The molecule has 0 atom stereocenters. The van der Waals surface area contributed by atoms with Crippen molar-refractivity contribution in [3.05, 3.63) is 86.5 Å². The number of aromatic amines is 1. The Morgan fingerprint density at radius 1 is 1.07 bits per heavy atom. The molecule has 4 rings (SSSR count). The van der Waals surface area contributed by atoms with Gasteiger partial charge in [0.25, 0.3) is 11.1 Å². The molecule has 0 unspecified atom stereocenters. The van der Waals surface area contributed by atoms with Gasteiger partial charge in [0.15, 0.2) is 0 Å². The number of pyridine rings is 1. The minimum absolute atomic E-state index is 0.0913. The molecule has 4 aromatic rings. The summed E-state index contributed by atoms with van der Waals surface area (Å²) in [6, 6.07) is 12.7. The molecule has 1 aromatic carbocycles.